The summed E-state index contributed by atoms with van der Waals surface area (Å²) in [6.45, 7) is 6.04. The van der Waals surface area contributed by atoms with E-state index in [1.54, 1.807) is 0 Å². The summed E-state index contributed by atoms with van der Waals surface area (Å²) in [6, 6.07) is 5.40. The number of rotatable bonds is 7. The lowest BCUT2D eigenvalue weighted by atomic mass is 10.0. The van der Waals surface area contributed by atoms with E-state index < -0.39 is 5.91 Å². The van der Waals surface area contributed by atoms with Crippen LogP contribution in [-0.2, 0) is 0 Å². The fourth-order valence-electron chi connectivity index (χ4n) is 3.19. The van der Waals surface area contributed by atoms with Crippen LogP contribution in [0.4, 0.5) is 10.1 Å². The molecular weight excluding hydrogens is 381 g/mol. The second-order valence-corrected chi connectivity index (χ2v) is 8.01. The zero-order chi connectivity index (χ0) is 19.9. The summed E-state index contributed by atoms with van der Waals surface area (Å²) in [5, 5.41) is 13.2. The smallest absolute Gasteiger partial charge is 0.286 e. The summed E-state index contributed by atoms with van der Waals surface area (Å²) in [6.07, 6.45) is 3.40. The van der Waals surface area contributed by atoms with Crippen molar-refractivity contribution in [1.82, 2.24) is 20.4 Å². The molecule has 0 aliphatic carbocycles. The van der Waals surface area contributed by atoms with Crippen LogP contribution >= 0.6 is 11.3 Å². The van der Waals surface area contributed by atoms with Crippen LogP contribution in [0.25, 0.3) is 0 Å². The lowest BCUT2D eigenvalue weighted by Crippen LogP contribution is -2.36. The summed E-state index contributed by atoms with van der Waals surface area (Å²) in [7, 11) is 0. The van der Waals surface area contributed by atoms with Crippen LogP contribution in [-0.4, -0.2) is 53.1 Å². The molecule has 1 aromatic carbocycles. The SMILES string of the molecule is C[C@H]1CCCN(CCCNC(=O)c2nnc(C(=O)Nc3ccc(F)cc3)s2)C1. The highest BCUT2D eigenvalue weighted by atomic mass is 32.1. The maximum absolute atomic E-state index is 12.9. The fourth-order valence-corrected chi connectivity index (χ4v) is 3.85. The van der Waals surface area contributed by atoms with Crippen LogP contribution in [0.3, 0.4) is 0 Å². The minimum atomic E-state index is -0.484. The van der Waals surface area contributed by atoms with Gasteiger partial charge in [0.2, 0.25) is 10.0 Å². The third-order valence-electron chi connectivity index (χ3n) is 4.59. The molecule has 3 rings (SSSR count). The second kappa shape index (κ2) is 9.70. The van der Waals surface area contributed by atoms with Gasteiger partial charge >= 0.3 is 0 Å². The molecule has 0 radical (unpaired) electrons. The van der Waals surface area contributed by atoms with Crippen LogP contribution in [0.15, 0.2) is 24.3 Å². The van der Waals surface area contributed by atoms with Gasteiger partial charge in [0.25, 0.3) is 11.8 Å². The van der Waals surface area contributed by atoms with Crippen molar-refractivity contribution >= 4 is 28.8 Å². The molecule has 28 heavy (non-hydrogen) atoms. The van der Waals surface area contributed by atoms with E-state index in [1.165, 1.54) is 37.1 Å². The molecule has 1 aliphatic heterocycles. The van der Waals surface area contributed by atoms with E-state index in [-0.39, 0.29) is 21.7 Å². The summed E-state index contributed by atoms with van der Waals surface area (Å²) in [4.78, 5) is 26.8. The lowest BCUT2D eigenvalue weighted by Gasteiger charge is -2.30. The summed E-state index contributed by atoms with van der Waals surface area (Å²) >= 11 is 0.927. The number of hydrogen-bond donors (Lipinski definition) is 2. The molecular formula is C19H24FN5O2S. The third kappa shape index (κ3) is 5.80. The average molecular weight is 405 g/mol. The van der Waals surface area contributed by atoms with Gasteiger partial charge < -0.3 is 15.5 Å². The summed E-state index contributed by atoms with van der Waals surface area (Å²) in [5.41, 5.74) is 0.444. The number of likely N-dealkylation sites (tertiary alicyclic amines) is 1. The zero-order valence-electron chi connectivity index (χ0n) is 15.8. The van der Waals surface area contributed by atoms with Gasteiger partial charge in [-0.2, -0.15) is 0 Å². The quantitative estimate of drug-likeness (QED) is 0.692. The standard InChI is InChI=1S/C19H24FN5O2S/c1-13-4-2-10-25(12-13)11-3-9-21-16(26)18-23-24-19(28-18)17(27)22-15-7-5-14(20)6-8-15/h5-8,13H,2-4,9-12H2,1H3,(H,21,26)(H,22,27)/t13-/m0/s1. The number of carbonyl (C=O) groups is 2. The van der Waals surface area contributed by atoms with Crippen molar-refractivity contribution in [3.05, 3.63) is 40.1 Å². The predicted octanol–water partition coefficient (Wildman–Crippen LogP) is 2.78. The van der Waals surface area contributed by atoms with Crippen molar-refractivity contribution in [1.29, 1.82) is 0 Å². The lowest BCUT2D eigenvalue weighted by molar-refractivity contribution is 0.0947. The van der Waals surface area contributed by atoms with E-state index in [2.05, 4.69) is 32.7 Å². The first-order valence-corrected chi connectivity index (χ1v) is 10.2. The maximum atomic E-state index is 12.9. The minimum absolute atomic E-state index is 0.0804. The van der Waals surface area contributed by atoms with Gasteiger partial charge in [0.15, 0.2) is 0 Å². The number of anilines is 1. The Kier molecular flexibility index (Phi) is 7.05. The number of hydrogen-bond acceptors (Lipinski definition) is 6. The first-order chi connectivity index (χ1) is 13.5. The molecule has 7 nitrogen and oxygen atoms in total. The first kappa shape index (κ1) is 20.3. The van der Waals surface area contributed by atoms with E-state index in [9.17, 15) is 14.0 Å². The maximum Gasteiger partial charge on any atom is 0.286 e. The average Bonchev–Trinajstić information content (AvgIpc) is 3.17. The summed E-state index contributed by atoms with van der Waals surface area (Å²) in [5.74, 6) is -0.459. The number of amides is 2. The first-order valence-electron chi connectivity index (χ1n) is 9.42. The van der Waals surface area contributed by atoms with Gasteiger partial charge in [0.05, 0.1) is 0 Å². The molecule has 0 bridgehead atoms. The molecule has 1 aromatic heterocycles. The van der Waals surface area contributed by atoms with E-state index >= 15 is 0 Å². The third-order valence-corrected chi connectivity index (χ3v) is 5.51. The molecule has 150 valence electrons. The van der Waals surface area contributed by atoms with Crippen molar-refractivity contribution in [2.45, 2.75) is 26.2 Å². The molecule has 9 heteroatoms. The topological polar surface area (TPSA) is 87.2 Å². The molecule has 2 N–H and O–H groups in total. The number of aromatic nitrogens is 2. The van der Waals surface area contributed by atoms with E-state index in [4.69, 9.17) is 0 Å². The van der Waals surface area contributed by atoms with Crippen molar-refractivity contribution < 1.29 is 14.0 Å². The van der Waals surface area contributed by atoms with Crippen LogP contribution in [0.2, 0.25) is 0 Å². The molecule has 0 unspecified atom stereocenters. The van der Waals surface area contributed by atoms with Gasteiger partial charge in [-0.1, -0.05) is 18.3 Å². The number of halogens is 1. The predicted molar refractivity (Wildman–Crippen MR) is 106 cm³/mol. The highest BCUT2D eigenvalue weighted by molar-refractivity contribution is 7.15. The van der Waals surface area contributed by atoms with Crippen molar-refractivity contribution in [3.8, 4) is 0 Å². The van der Waals surface area contributed by atoms with E-state index in [0.29, 0.717) is 12.2 Å². The molecule has 0 spiro atoms. The molecule has 1 atom stereocenters. The van der Waals surface area contributed by atoms with Gasteiger partial charge in [0, 0.05) is 18.8 Å². The van der Waals surface area contributed by atoms with Crippen molar-refractivity contribution in [2.75, 3.05) is 31.5 Å². The van der Waals surface area contributed by atoms with Crippen LogP contribution < -0.4 is 10.6 Å². The molecule has 1 aliphatic rings. The van der Waals surface area contributed by atoms with Crippen molar-refractivity contribution in [2.24, 2.45) is 5.92 Å². The molecule has 2 heterocycles. The van der Waals surface area contributed by atoms with Gasteiger partial charge in [-0.05, 0) is 62.5 Å². The Hall–Kier alpha value is -2.39. The second-order valence-electron chi connectivity index (χ2n) is 7.03. The van der Waals surface area contributed by atoms with Crippen LogP contribution in [0, 0.1) is 11.7 Å². The molecule has 1 fully saturated rings. The molecule has 2 aromatic rings. The number of carbonyl (C=O) groups excluding carboxylic acids is 2. The van der Waals surface area contributed by atoms with Gasteiger partial charge in [-0.25, -0.2) is 4.39 Å². The highest BCUT2D eigenvalue weighted by Crippen LogP contribution is 2.16. The fraction of sp³-hybridized carbons (Fsp3) is 0.474. The normalized spacial score (nSPS) is 17.3. The Morgan fingerprint density at radius 1 is 1.21 bits per heavy atom. The Labute approximate surface area is 167 Å². The van der Waals surface area contributed by atoms with Crippen LogP contribution in [0.1, 0.15) is 45.8 Å². The van der Waals surface area contributed by atoms with Crippen LogP contribution in [0.5, 0.6) is 0 Å². The zero-order valence-corrected chi connectivity index (χ0v) is 16.6. The Morgan fingerprint density at radius 3 is 2.64 bits per heavy atom. The number of nitrogens with zero attached hydrogens (tertiary/aromatic N) is 3. The monoisotopic (exact) mass is 405 g/mol. The molecule has 2 amide bonds. The van der Waals surface area contributed by atoms with Gasteiger partial charge in [-0.15, -0.1) is 10.2 Å². The minimum Gasteiger partial charge on any atom is -0.350 e. The van der Waals surface area contributed by atoms with E-state index in [0.717, 1.165) is 43.3 Å². The number of piperidine rings is 1. The molecule has 1 saturated heterocycles. The van der Waals surface area contributed by atoms with Gasteiger partial charge in [-0.3, -0.25) is 9.59 Å². The summed E-state index contributed by atoms with van der Waals surface area (Å²) < 4.78 is 12.9. The highest BCUT2D eigenvalue weighted by Gasteiger charge is 2.18. The number of benzene rings is 1. The number of nitrogens with one attached hydrogen (secondary N) is 2. The largest absolute Gasteiger partial charge is 0.350 e. The Morgan fingerprint density at radius 2 is 1.93 bits per heavy atom. The van der Waals surface area contributed by atoms with E-state index in [1.807, 2.05) is 0 Å². The van der Waals surface area contributed by atoms with Gasteiger partial charge in [0.1, 0.15) is 5.82 Å². The Bertz CT molecular complexity index is 811. The molecule has 0 saturated carbocycles. The Balaban J connectivity index is 1.43. The van der Waals surface area contributed by atoms with Crippen molar-refractivity contribution in [3.63, 3.8) is 0 Å².